The lowest BCUT2D eigenvalue weighted by Crippen LogP contribution is -2.36. The van der Waals surface area contributed by atoms with Crippen molar-refractivity contribution in [1.82, 2.24) is 20.1 Å². The van der Waals surface area contributed by atoms with Crippen LogP contribution in [-0.4, -0.2) is 27.2 Å². The molecule has 2 aliphatic rings. The summed E-state index contributed by atoms with van der Waals surface area (Å²) >= 11 is 0. The molecule has 0 unspecified atom stereocenters. The van der Waals surface area contributed by atoms with Crippen LogP contribution in [0.4, 0.5) is 0 Å². The number of rotatable bonds is 1. The van der Waals surface area contributed by atoms with Crippen LogP contribution >= 0.6 is 0 Å². The smallest absolute Gasteiger partial charge is 0.269 e. The lowest BCUT2D eigenvalue weighted by atomic mass is 9.88. The maximum absolute atomic E-state index is 12.4. The number of aryl methyl sites for hydroxylation is 1. The molecule has 1 N–H and O–H groups in total. The molecular weight excluding hydrogens is 348 g/mol. The number of hydrogen-bond donors (Lipinski definition) is 1. The Balaban J connectivity index is 1.56. The van der Waals surface area contributed by atoms with Gasteiger partial charge in [0.2, 0.25) is 0 Å². The first-order valence-corrected chi connectivity index (χ1v) is 9.65. The van der Waals surface area contributed by atoms with E-state index in [-0.39, 0.29) is 5.91 Å². The van der Waals surface area contributed by atoms with Crippen molar-refractivity contribution in [3.8, 4) is 22.5 Å². The minimum atomic E-state index is -0.00761. The molecule has 0 saturated heterocycles. The Morgan fingerprint density at radius 3 is 2.86 bits per heavy atom. The molecule has 4 aromatic rings. The van der Waals surface area contributed by atoms with Gasteiger partial charge in [0.05, 0.1) is 17.9 Å². The van der Waals surface area contributed by atoms with E-state index in [4.69, 9.17) is 10.1 Å². The Bertz CT molecular complexity index is 1270. The normalized spacial score (nSPS) is 14.9. The SMILES string of the molecule is O=C1NCCn2nc3c(c21)CCc1cnc(-c2cccc4ccccc24)cc1-3. The molecule has 0 radical (unpaired) electrons. The summed E-state index contributed by atoms with van der Waals surface area (Å²) < 4.78 is 1.87. The second kappa shape index (κ2) is 5.76. The standard InChI is InChI=1S/C23H18N4O/c28-23-22-18-9-8-15-13-25-20(12-19(15)21(18)26-27(22)11-10-24-23)17-7-3-5-14-4-1-2-6-16(14)17/h1-7,12-13H,8-11H2,(H,24,28). The van der Waals surface area contributed by atoms with E-state index in [1.165, 1.54) is 16.3 Å². The van der Waals surface area contributed by atoms with Crippen LogP contribution in [0.3, 0.4) is 0 Å². The van der Waals surface area contributed by atoms with E-state index in [0.29, 0.717) is 6.54 Å². The Hall–Kier alpha value is -3.47. The molecule has 2 aromatic heterocycles. The van der Waals surface area contributed by atoms with Crippen molar-refractivity contribution in [2.24, 2.45) is 0 Å². The minimum Gasteiger partial charge on any atom is -0.349 e. The molecule has 2 aromatic carbocycles. The van der Waals surface area contributed by atoms with Crippen LogP contribution in [0.1, 0.15) is 21.6 Å². The Morgan fingerprint density at radius 1 is 1.00 bits per heavy atom. The van der Waals surface area contributed by atoms with E-state index < -0.39 is 0 Å². The topological polar surface area (TPSA) is 59.8 Å². The maximum Gasteiger partial charge on any atom is 0.269 e. The van der Waals surface area contributed by atoms with E-state index in [9.17, 15) is 4.79 Å². The molecule has 1 aliphatic heterocycles. The van der Waals surface area contributed by atoms with Crippen molar-refractivity contribution >= 4 is 16.7 Å². The zero-order chi connectivity index (χ0) is 18.7. The molecule has 136 valence electrons. The molecule has 5 nitrogen and oxygen atoms in total. The van der Waals surface area contributed by atoms with Gasteiger partial charge in [-0.2, -0.15) is 5.10 Å². The summed E-state index contributed by atoms with van der Waals surface area (Å²) in [5, 5.41) is 10.1. The van der Waals surface area contributed by atoms with Gasteiger partial charge < -0.3 is 5.32 Å². The molecule has 6 rings (SSSR count). The Morgan fingerprint density at radius 2 is 1.89 bits per heavy atom. The molecule has 5 heteroatoms. The summed E-state index contributed by atoms with van der Waals surface area (Å²) in [7, 11) is 0. The van der Waals surface area contributed by atoms with Crippen molar-refractivity contribution < 1.29 is 4.79 Å². The number of nitrogens with zero attached hydrogens (tertiary/aromatic N) is 3. The van der Waals surface area contributed by atoms with Crippen molar-refractivity contribution in [2.75, 3.05) is 6.54 Å². The number of benzene rings is 2. The Kier molecular flexibility index (Phi) is 3.20. The molecule has 0 fully saturated rings. The summed E-state index contributed by atoms with van der Waals surface area (Å²) in [5.41, 5.74) is 7.11. The van der Waals surface area contributed by atoms with E-state index >= 15 is 0 Å². The molecule has 0 bridgehead atoms. The molecule has 0 atom stereocenters. The molecule has 3 heterocycles. The first-order chi connectivity index (χ1) is 13.8. The molecule has 1 aliphatic carbocycles. The van der Waals surface area contributed by atoms with Gasteiger partial charge >= 0.3 is 0 Å². The van der Waals surface area contributed by atoms with Crippen molar-refractivity contribution in [3.63, 3.8) is 0 Å². The fraction of sp³-hybridized carbons (Fsp3) is 0.174. The highest BCUT2D eigenvalue weighted by atomic mass is 16.2. The number of pyridine rings is 1. The van der Waals surface area contributed by atoms with Crippen molar-refractivity contribution in [2.45, 2.75) is 19.4 Å². The highest BCUT2D eigenvalue weighted by Crippen LogP contribution is 2.37. The second-order valence-electron chi connectivity index (χ2n) is 7.41. The maximum atomic E-state index is 12.4. The Labute approximate surface area is 162 Å². The number of hydrogen-bond acceptors (Lipinski definition) is 3. The fourth-order valence-electron chi connectivity index (χ4n) is 4.49. The highest BCUT2D eigenvalue weighted by Gasteiger charge is 2.30. The molecule has 28 heavy (non-hydrogen) atoms. The van der Waals surface area contributed by atoms with E-state index in [2.05, 4.69) is 53.8 Å². The summed E-state index contributed by atoms with van der Waals surface area (Å²) in [5.74, 6) is -0.00761. The zero-order valence-corrected chi connectivity index (χ0v) is 15.3. The quantitative estimate of drug-likeness (QED) is 0.560. The monoisotopic (exact) mass is 366 g/mol. The van der Waals surface area contributed by atoms with Crippen LogP contribution in [0.5, 0.6) is 0 Å². The zero-order valence-electron chi connectivity index (χ0n) is 15.3. The van der Waals surface area contributed by atoms with Crippen LogP contribution in [0.25, 0.3) is 33.3 Å². The average Bonchev–Trinajstić information content (AvgIpc) is 3.13. The third-order valence-corrected chi connectivity index (χ3v) is 5.83. The number of aromatic nitrogens is 3. The number of carbonyl (C=O) groups is 1. The largest absolute Gasteiger partial charge is 0.349 e. The third-order valence-electron chi connectivity index (χ3n) is 5.83. The van der Waals surface area contributed by atoms with Gasteiger partial charge in [0, 0.05) is 29.4 Å². The van der Waals surface area contributed by atoms with Gasteiger partial charge in [-0.3, -0.25) is 14.5 Å². The number of fused-ring (bicyclic) bond motifs is 6. The lowest BCUT2D eigenvalue weighted by Gasteiger charge is -2.18. The summed E-state index contributed by atoms with van der Waals surface area (Å²) in [6, 6.07) is 16.8. The number of amides is 1. The molecule has 0 saturated carbocycles. The van der Waals surface area contributed by atoms with E-state index in [1.807, 2.05) is 10.9 Å². The summed E-state index contributed by atoms with van der Waals surface area (Å²) in [4.78, 5) is 17.1. The number of nitrogens with one attached hydrogen (secondary N) is 1. The summed E-state index contributed by atoms with van der Waals surface area (Å²) in [6.07, 6.45) is 3.70. The van der Waals surface area contributed by atoms with Crippen LogP contribution in [0.2, 0.25) is 0 Å². The average molecular weight is 366 g/mol. The predicted molar refractivity (Wildman–Crippen MR) is 108 cm³/mol. The van der Waals surface area contributed by atoms with E-state index in [1.54, 1.807) is 0 Å². The van der Waals surface area contributed by atoms with Gasteiger partial charge in [-0.05, 0) is 35.2 Å². The van der Waals surface area contributed by atoms with Gasteiger partial charge in [-0.1, -0.05) is 42.5 Å². The van der Waals surface area contributed by atoms with Crippen molar-refractivity contribution in [3.05, 3.63) is 71.5 Å². The highest BCUT2D eigenvalue weighted by molar-refractivity contribution is 5.98. The first-order valence-electron chi connectivity index (χ1n) is 9.65. The van der Waals surface area contributed by atoms with Gasteiger partial charge in [-0.15, -0.1) is 0 Å². The lowest BCUT2D eigenvalue weighted by molar-refractivity contribution is 0.0923. The molecule has 1 amide bonds. The number of carbonyl (C=O) groups excluding carboxylic acids is 1. The minimum absolute atomic E-state index is 0.00761. The summed E-state index contributed by atoms with van der Waals surface area (Å²) in [6.45, 7) is 1.36. The van der Waals surface area contributed by atoms with Gasteiger partial charge in [0.25, 0.3) is 5.91 Å². The van der Waals surface area contributed by atoms with Crippen LogP contribution in [0, 0.1) is 0 Å². The fourth-order valence-corrected chi connectivity index (χ4v) is 4.49. The van der Waals surface area contributed by atoms with Gasteiger partial charge in [0.1, 0.15) is 5.69 Å². The van der Waals surface area contributed by atoms with Gasteiger partial charge in [0.15, 0.2) is 0 Å². The molecular formula is C23H18N4O. The second-order valence-corrected chi connectivity index (χ2v) is 7.41. The van der Waals surface area contributed by atoms with Crippen LogP contribution in [0.15, 0.2) is 54.7 Å². The van der Waals surface area contributed by atoms with Gasteiger partial charge in [-0.25, -0.2) is 0 Å². The van der Waals surface area contributed by atoms with E-state index in [0.717, 1.165) is 53.2 Å². The van der Waals surface area contributed by atoms with Crippen LogP contribution < -0.4 is 5.32 Å². The molecule has 0 spiro atoms. The van der Waals surface area contributed by atoms with Crippen molar-refractivity contribution in [1.29, 1.82) is 0 Å². The predicted octanol–water partition coefficient (Wildman–Crippen LogP) is 3.61. The third kappa shape index (κ3) is 2.16. The van der Waals surface area contributed by atoms with Crippen LogP contribution in [-0.2, 0) is 19.4 Å². The first kappa shape index (κ1) is 15.6.